The number of nitrogens with one attached hydrogen (secondary N) is 2. The molecule has 0 unspecified atom stereocenters. The Morgan fingerprint density at radius 2 is 2.04 bits per heavy atom. The van der Waals surface area contributed by atoms with Gasteiger partial charge >= 0.3 is 0 Å². The second kappa shape index (κ2) is 7.95. The molecule has 0 spiro atoms. The van der Waals surface area contributed by atoms with Crippen LogP contribution in [0.1, 0.15) is 26.5 Å². The topological polar surface area (TPSA) is 87.5 Å². The molecule has 0 radical (unpaired) electrons. The van der Waals surface area contributed by atoms with Crippen LogP contribution in [0.5, 0.6) is 0 Å². The normalized spacial score (nSPS) is 13.8. The molecular formula is C20H20N4O3S. The van der Waals surface area contributed by atoms with Crippen LogP contribution >= 0.6 is 11.3 Å². The Labute approximate surface area is 166 Å². The lowest BCUT2D eigenvalue weighted by molar-refractivity contribution is -0.117. The van der Waals surface area contributed by atoms with Gasteiger partial charge in [-0.15, -0.1) is 11.3 Å². The van der Waals surface area contributed by atoms with Crippen LogP contribution in [0.3, 0.4) is 0 Å². The van der Waals surface area contributed by atoms with Gasteiger partial charge in [-0.1, -0.05) is 17.7 Å². The summed E-state index contributed by atoms with van der Waals surface area (Å²) in [4.78, 5) is 32.1. The molecule has 2 N–H and O–H groups in total. The summed E-state index contributed by atoms with van der Waals surface area (Å²) in [6.07, 6.45) is 3.61. The van der Waals surface area contributed by atoms with Gasteiger partial charge in [0.1, 0.15) is 6.26 Å². The van der Waals surface area contributed by atoms with Crippen LogP contribution in [0.2, 0.25) is 0 Å². The summed E-state index contributed by atoms with van der Waals surface area (Å²) in [6, 6.07) is 9.36. The number of anilines is 2. The Kier molecular flexibility index (Phi) is 5.23. The summed E-state index contributed by atoms with van der Waals surface area (Å²) in [5.41, 5.74) is 3.41. The first-order valence-electron chi connectivity index (χ1n) is 8.98. The molecule has 1 aliphatic rings. The Bertz CT molecular complexity index is 980. The zero-order chi connectivity index (χ0) is 19.5. The van der Waals surface area contributed by atoms with Crippen LogP contribution in [-0.2, 0) is 17.8 Å². The number of benzene rings is 1. The van der Waals surface area contributed by atoms with Crippen molar-refractivity contribution in [3.63, 3.8) is 0 Å². The highest BCUT2D eigenvalue weighted by molar-refractivity contribution is 7.15. The standard InChI is InChI=1S/C20H20N4O3S/c1-13-2-4-15(5-3-13)21-18(25)11-24-8-6-16-17(10-24)28-20(22-16)23-19(26)14-7-9-27-12-14/h2-5,7,9,12H,6,8,10-11H2,1H3,(H,21,25)(H,22,23,26). The van der Waals surface area contributed by atoms with Crippen molar-refractivity contribution in [1.29, 1.82) is 0 Å². The summed E-state index contributed by atoms with van der Waals surface area (Å²) < 4.78 is 4.93. The molecule has 1 aliphatic heterocycles. The third kappa shape index (κ3) is 4.29. The Balaban J connectivity index is 1.34. The van der Waals surface area contributed by atoms with E-state index in [0.29, 0.717) is 23.8 Å². The van der Waals surface area contributed by atoms with Crippen LogP contribution in [0.25, 0.3) is 0 Å². The number of hydrogen-bond acceptors (Lipinski definition) is 6. The molecule has 28 heavy (non-hydrogen) atoms. The zero-order valence-corrected chi connectivity index (χ0v) is 16.2. The van der Waals surface area contributed by atoms with Gasteiger partial charge in [-0.3, -0.25) is 19.8 Å². The predicted octanol–water partition coefficient (Wildman–Crippen LogP) is 3.29. The van der Waals surface area contributed by atoms with Crippen molar-refractivity contribution >= 4 is 34.0 Å². The van der Waals surface area contributed by atoms with Crippen molar-refractivity contribution in [2.75, 3.05) is 23.7 Å². The SMILES string of the molecule is Cc1ccc(NC(=O)CN2CCc3nc(NC(=O)c4ccoc4)sc3C2)cc1. The number of amides is 2. The molecule has 4 rings (SSSR count). The number of carbonyl (C=O) groups excluding carboxylic acids is 2. The molecule has 0 saturated carbocycles. The average molecular weight is 396 g/mol. The molecule has 0 aliphatic carbocycles. The first kappa shape index (κ1) is 18.4. The lowest BCUT2D eigenvalue weighted by atomic mass is 10.2. The second-order valence-corrected chi connectivity index (χ2v) is 7.81. The van der Waals surface area contributed by atoms with E-state index in [2.05, 4.69) is 20.5 Å². The number of fused-ring (bicyclic) bond motifs is 1. The van der Waals surface area contributed by atoms with E-state index < -0.39 is 0 Å². The number of aryl methyl sites for hydroxylation is 1. The third-order valence-electron chi connectivity index (χ3n) is 4.52. The van der Waals surface area contributed by atoms with E-state index in [1.807, 2.05) is 31.2 Å². The molecule has 144 valence electrons. The van der Waals surface area contributed by atoms with Crippen LogP contribution < -0.4 is 10.6 Å². The summed E-state index contributed by atoms with van der Waals surface area (Å²) in [6.45, 7) is 3.74. The molecule has 7 nitrogen and oxygen atoms in total. The van der Waals surface area contributed by atoms with E-state index >= 15 is 0 Å². The van der Waals surface area contributed by atoms with Gasteiger partial charge in [-0.2, -0.15) is 0 Å². The van der Waals surface area contributed by atoms with Crippen molar-refractivity contribution in [2.45, 2.75) is 19.9 Å². The van der Waals surface area contributed by atoms with Gasteiger partial charge in [0.25, 0.3) is 5.91 Å². The summed E-state index contributed by atoms with van der Waals surface area (Å²) >= 11 is 1.45. The van der Waals surface area contributed by atoms with E-state index in [-0.39, 0.29) is 11.8 Å². The van der Waals surface area contributed by atoms with Gasteiger partial charge < -0.3 is 9.73 Å². The van der Waals surface area contributed by atoms with Crippen molar-refractivity contribution in [1.82, 2.24) is 9.88 Å². The number of carbonyl (C=O) groups is 2. The molecule has 0 bridgehead atoms. The molecule has 2 aromatic heterocycles. The first-order valence-corrected chi connectivity index (χ1v) is 9.79. The zero-order valence-electron chi connectivity index (χ0n) is 15.4. The Morgan fingerprint density at radius 3 is 2.79 bits per heavy atom. The highest BCUT2D eigenvalue weighted by Gasteiger charge is 2.23. The Hall–Kier alpha value is -2.97. The largest absolute Gasteiger partial charge is 0.472 e. The lowest BCUT2D eigenvalue weighted by Crippen LogP contribution is -2.36. The first-order chi connectivity index (χ1) is 13.6. The number of hydrogen-bond donors (Lipinski definition) is 2. The molecule has 3 heterocycles. The number of furan rings is 1. The minimum Gasteiger partial charge on any atom is -0.472 e. The third-order valence-corrected chi connectivity index (χ3v) is 5.51. The van der Waals surface area contributed by atoms with Gasteiger partial charge in [0.05, 0.1) is 24.1 Å². The fourth-order valence-electron chi connectivity index (χ4n) is 3.04. The van der Waals surface area contributed by atoms with Crippen LogP contribution in [0.4, 0.5) is 10.8 Å². The van der Waals surface area contributed by atoms with Crippen molar-refractivity contribution < 1.29 is 14.0 Å². The maximum Gasteiger partial charge on any atom is 0.260 e. The molecule has 0 saturated heterocycles. The highest BCUT2D eigenvalue weighted by atomic mass is 32.1. The Morgan fingerprint density at radius 1 is 1.21 bits per heavy atom. The molecular weight excluding hydrogens is 376 g/mol. The second-order valence-electron chi connectivity index (χ2n) is 6.73. The fraction of sp³-hybridized carbons (Fsp3) is 0.250. The summed E-state index contributed by atoms with van der Waals surface area (Å²) in [5.74, 6) is -0.278. The van der Waals surface area contributed by atoms with E-state index in [1.165, 1.54) is 23.9 Å². The smallest absolute Gasteiger partial charge is 0.260 e. The van der Waals surface area contributed by atoms with Gasteiger partial charge in [0.2, 0.25) is 5.91 Å². The van der Waals surface area contributed by atoms with Gasteiger partial charge in [0, 0.05) is 30.1 Å². The van der Waals surface area contributed by atoms with Gasteiger partial charge in [-0.25, -0.2) is 4.98 Å². The monoisotopic (exact) mass is 396 g/mol. The number of rotatable bonds is 5. The van der Waals surface area contributed by atoms with E-state index in [0.717, 1.165) is 34.8 Å². The highest BCUT2D eigenvalue weighted by Crippen LogP contribution is 2.28. The average Bonchev–Trinajstić information content (AvgIpc) is 3.32. The maximum absolute atomic E-state index is 12.3. The minimum atomic E-state index is -0.242. The van der Waals surface area contributed by atoms with Crippen molar-refractivity contribution in [2.24, 2.45) is 0 Å². The molecule has 0 atom stereocenters. The number of thiazole rings is 1. The molecule has 8 heteroatoms. The lowest BCUT2D eigenvalue weighted by Gasteiger charge is -2.25. The maximum atomic E-state index is 12.3. The van der Waals surface area contributed by atoms with Crippen LogP contribution in [0.15, 0.2) is 47.3 Å². The van der Waals surface area contributed by atoms with Crippen molar-refractivity contribution in [3.8, 4) is 0 Å². The van der Waals surface area contributed by atoms with E-state index in [1.54, 1.807) is 6.07 Å². The summed E-state index contributed by atoms with van der Waals surface area (Å²) in [7, 11) is 0. The predicted molar refractivity (Wildman–Crippen MR) is 108 cm³/mol. The number of aromatic nitrogens is 1. The van der Waals surface area contributed by atoms with E-state index in [9.17, 15) is 9.59 Å². The quantitative estimate of drug-likeness (QED) is 0.691. The molecule has 2 amide bonds. The number of nitrogens with zero attached hydrogens (tertiary/aromatic N) is 2. The van der Waals surface area contributed by atoms with E-state index in [4.69, 9.17) is 4.42 Å². The van der Waals surface area contributed by atoms with Crippen molar-refractivity contribution in [3.05, 3.63) is 64.6 Å². The van der Waals surface area contributed by atoms with Gasteiger partial charge in [0.15, 0.2) is 5.13 Å². The summed E-state index contributed by atoms with van der Waals surface area (Å²) in [5, 5.41) is 6.31. The molecule has 0 fully saturated rings. The molecule has 1 aromatic carbocycles. The van der Waals surface area contributed by atoms with Crippen LogP contribution in [-0.4, -0.2) is 34.8 Å². The molecule has 3 aromatic rings. The van der Waals surface area contributed by atoms with Crippen LogP contribution in [0, 0.1) is 6.92 Å². The minimum absolute atomic E-state index is 0.0368. The fourth-order valence-corrected chi connectivity index (χ4v) is 4.09. The van der Waals surface area contributed by atoms with Gasteiger partial charge in [-0.05, 0) is 25.1 Å².